The van der Waals surface area contributed by atoms with E-state index in [0.717, 1.165) is 37.3 Å². The lowest BCUT2D eigenvalue weighted by Crippen LogP contribution is -2.21. The summed E-state index contributed by atoms with van der Waals surface area (Å²) in [6.07, 6.45) is 2.99. The summed E-state index contributed by atoms with van der Waals surface area (Å²) in [7, 11) is 2.06. The summed E-state index contributed by atoms with van der Waals surface area (Å²) in [5, 5.41) is 20.7. The molecule has 1 aromatic carbocycles. The van der Waals surface area contributed by atoms with Gasteiger partial charge in [-0.2, -0.15) is 4.68 Å². The van der Waals surface area contributed by atoms with E-state index < -0.39 is 0 Å². The van der Waals surface area contributed by atoms with Crippen molar-refractivity contribution < 1.29 is 5.11 Å². The summed E-state index contributed by atoms with van der Waals surface area (Å²) in [6, 6.07) is 9.89. The molecule has 0 saturated heterocycles. The molecule has 0 amide bonds. The van der Waals surface area contributed by atoms with E-state index in [2.05, 4.69) is 27.5 Å². The zero-order chi connectivity index (χ0) is 14.2. The number of nitrogens with zero attached hydrogens (tertiary/aromatic N) is 5. The molecule has 0 aliphatic heterocycles. The summed E-state index contributed by atoms with van der Waals surface area (Å²) in [5.41, 5.74) is 0.973. The highest BCUT2D eigenvalue weighted by Gasteiger charge is 2.10. The molecule has 0 atom stereocenters. The molecular weight excluding hydrogens is 254 g/mol. The van der Waals surface area contributed by atoms with Gasteiger partial charge in [-0.3, -0.25) is 4.90 Å². The number of aromatic nitrogens is 4. The maximum Gasteiger partial charge on any atom is 0.170 e. The number of aliphatic hydroxyl groups is 1. The summed E-state index contributed by atoms with van der Waals surface area (Å²) >= 11 is 0. The second-order valence-electron chi connectivity index (χ2n) is 4.86. The highest BCUT2D eigenvalue weighted by molar-refractivity contribution is 5.30. The first-order valence-corrected chi connectivity index (χ1v) is 6.93. The zero-order valence-corrected chi connectivity index (χ0v) is 11.8. The lowest BCUT2D eigenvalue weighted by atomic mass is 10.2. The largest absolute Gasteiger partial charge is 0.396 e. The first-order chi connectivity index (χ1) is 9.81. The molecule has 1 aromatic heterocycles. The second-order valence-corrected chi connectivity index (χ2v) is 4.86. The Morgan fingerprint density at radius 1 is 1.15 bits per heavy atom. The fraction of sp³-hybridized carbons (Fsp3) is 0.500. The van der Waals surface area contributed by atoms with Crippen molar-refractivity contribution in [1.82, 2.24) is 25.1 Å². The van der Waals surface area contributed by atoms with Crippen LogP contribution >= 0.6 is 0 Å². The number of tetrazole rings is 1. The van der Waals surface area contributed by atoms with Gasteiger partial charge >= 0.3 is 0 Å². The van der Waals surface area contributed by atoms with Crippen LogP contribution < -0.4 is 0 Å². The maximum atomic E-state index is 8.76. The first kappa shape index (κ1) is 14.6. The van der Waals surface area contributed by atoms with Crippen molar-refractivity contribution in [2.75, 3.05) is 20.2 Å². The minimum absolute atomic E-state index is 0.274. The Bertz CT molecular complexity index is 499. The molecule has 0 unspecified atom stereocenters. The van der Waals surface area contributed by atoms with Crippen LogP contribution in [0.25, 0.3) is 5.69 Å². The Morgan fingerprint density at radius 2 is 1.95 bits per heavy atom. The van der Waals surface area contributed by atoms with Crippen LogP contribution in [-0.4, -0.2) is 50.4 Å². The highest BCUT2D eigenvalue weighted by atomic mass is 16.2. The number of rotatable bonds is 8. The van der Waals surface area contributed by atoms with Gasteiger partial charge in [-0.1, -0.05) is 18.2 Å². The van der Waals surface area contributed by atoms with Crippen molar-refractivity contribution in [3.63, 3.8) is 0 Å². The fourth-order valence-electron chi connectivity index (χ4n) is 2.06. The van der Waals surface area contributed by atoms with Gasteiger partial charge in [0.05, 0.1) is 12.2 Å². The van der Waals surface area contributed by atoms with Crippen molar-refractivity contribution in [2.45, 2.75) is 25.8 Å². The molecule has 108 valence electrons. The Labute approximate surface area is 119 Å². The topological polar surface area (TPSA) is 67.1 Å². The molecular formula is C14H21N5O. The van der Waals surface area contributed by atoms with Crippen LogP contribution in [-0.2, 0) is 6.54 Å². The minimum atomic E-state index is 0.274. The Kier molecular flexibility index (Phi) is 5.64. The maximum absolute atomic E-state index is 8.76. The molecule has 0 saturated carbocycles. The van der Waals surface area contributed by atoms with E-state index in [1.807, 2.05) is 30.3 Å². The van der Waals surface area contributed by atoms with Crippen LogP contribution in [0.5, 0.6) is 0 Å². The lowest BCUT2D eigenvalue weighted by molar-refractivity contribution is 0.269. The third kappa shape index (κ3) is 4.11. The number of aliphatic hydroxyl groups excluding tert-OH is 1. The first-order valence-electron chi connectivity index (χ1n) is 6.93. The van der Waals surface area contributed by atoms with Gasteiger partial charge in [-0.05, 0) is 55.4 Å². The van der Waals surface area contributed by atoms with Gasteiger partial charge in [0, 0.05) is 6.61 Å². The van der Waals surface area contributed by atoms with Crippen molar-refractivity contribution in [1.29, 1.82) is 0 Å². The molecule has 20 heavy (non-hydrogen) atoms. The Hall–Kier alpha value is -1.79. The molecule has 0 fully saturated rings. The molecule has 6 nitrogen and oxygen atoms in total. The van der Waals surface area contributed by atoms with Crippen LogP contribution in [0.2, 0.25) is 0 Å². The van der Waals surface area contributed by atoms with E-state index in [1.165, 1.54) is 0 Å². The molecule has 1 N–H and O–H groups in total. The van der Waals surface area contributed by atoms with Gasteiger partial charge in [0.25, 0.3) is 0 Å². The molecule has 1 heterocycles. The van der Waals surface area contributed by atoms with Gasteiger partial charge in [0.15, 0.2) is 5.82 Å². The second kappa shape index (κ2) is 7.72. The molecule has 2 rings (SSSR count). The molecule has 2 aromatic rings. The average molecular weight is 275 g/mol. The molecule has 6 heteroatoms. The number of hydrogen-bond acceptors (Lipinski definition) is 5. The number of para-hydroxylation sites is 1. The molecule has 0 aliphatic carbocycles. The standard InChI is InChI=1S/C14H21N5O/c1-18(10-6-3-7-11-20)12-14-15-16-17-19(14)13-8-4-2-5-9-13/h2,4-5,8-9,20H,3,6-7,10-12H2,1H3. The summed E-state index contributed by atoms with van der Waals surface area (Å²) < 4.78 is 1.77. The van der Waals surface area contributed by atoms with E-state index >= 15 is 0 Å². The van der Waals surface area contributed by atoms with E-state index in [1.54, 1.807) is 4.68 Å². The van der Waals surface area contributed by atoms with Crippen molar-refractivity contribution in [2.24, 2.45) is 0 Å². The van der Waals surface area contributed by atoms with Crippen molar-refractivity contribution >= 4 is 0 Å². The monoisotopic (exact) mass is 275 g/mol. The van der Waals surface area contributed by atoms with Crippen LogP contribution in [0.15, 0.2) is 30.3 Å². The van der Waals surface area contributed by atoms with Crippen LogP contribution in [0.1, 0.15) is 25.1 Å². The molecule has 0 radical (unpaired) electrons. The van der Waals surface area contributed by atoms with Gasteiger partial charge < -0.3 is 5.11 Å². The van der Waals surface area contributed by atoms with E-state index in [9.17, 15) is 0 Å². The summed E-state index contributed by atoms with van der Waals surface area (Å²) in [6.45, 7) is 1.96. The predicted molar refractivity (Wildman–Crippen MR) is 76.4 cm³/mol. The third-order valence-corrected chi connectivity index (χ3v) is 3.14. The zero-order valence-electron chi connectivity index (χ0n) is 11.8. The normalized spacial score (nSPS) is 11.2. The van der Waals surface area contributed by atoms with Gasteiger partial charge in [0.1, 0.15) is 0 Å². The van der Waals surface area contributed by atoms with Crippen LogP contribution in [0.3, 0.4) is 0 Å². The molecule has 0 aliphatic rings. The summed E-state index contributed by atoms with van der Waals surface area (Å²) in [5.74, 6) is 0.834. The highest BCUT2D eigenvalue weighted by Crippen LogP contribution is 2.09. The quantitative estimate of drug-likeness (QED) is 0.735. The average Bonchev–Trinajstić information content (AvgIpc) is 2.92. The van der Waals surface area contributed by atoms with Crippen molar-refractivity contribution in [3.8, 4) is 5.69 Å². The molecule has 0 bridgehead atoms. The molecule has 0 spiro atoms. The van der Waals surface area contributed by atoms with Gasteiger partial charge in [-0.25, -0.2) is 0 Å². The SMILES string of the molecule is CN(CCCCCO)Cc1nnnn1-c1ccccc1. The van der Waals surface area contributed by atoms with E-state index in [0.29, 0.717) is 6.54 Å². The van der Waals surface area contributed by atoms with Crippen LogP contribution in [0.4, 0.5) is 0 Å². The Balaban J connectivity index is 1.92. The Morgan fingerprint density at radius 3 is 2.70 bits per heavy atom. The predicted octanol–water partition coefficient (Wildman–Crippen LogP) is 1.26. The number of benzene rings is 1. The fourth-order valence-corrected chi connectivity index (χ4v) is 2.06. The van der Waals surface area contributed by atoms with E-state index in [-0.39, 0.29) is 6.61 Å². The number of hydrogen-bond donors (Lipinski definition) is 1. The minimum Gasteiger partial charge on any atom is -0.396 e. The van der Waals surface area contributed by atoms with Crippen molar-refractivity contribution in [3.05, 3.63) is 36.2 Å². The smallest absolute Gasteiger partial charge is 0.170 e. The summed E-state index contributed by atoms with van der Waals surface area (Å²) in [4.78, 5) is 2.20. The van der Waals surface area contributed by atoms with Gasteiger partial charge in [0.2, 0.25) is 0 Å². The lowest BCUT2D eigenvalue weighted by Gasteiger charge is -2.15. The third-order valence-electron chi connectivity index (χ3n) is 3.14. The number of unbranched alkanes of at least 4 members (excludes halogenated alkanes) is 2. The van der Waals surface area contributed by atoms with Crippen LogP contribution in [0, 0.1) is 0 Å². The van der Waals surface area contributed by atoms with Gasteiger partial charge in [-0.15, -0.1) is 5.10 Å². The van der Waals surface area contributed by atoms with E-state index in [4.69, 9.17) is 5.11 Å².